The molecule has 0 saturated carbocycles. The van der Waals surface area contributed by atoms with E-state index in [1.54, 1.807) is 0 Å². The van der Waals surface area contributed by atoms with Crippen molar-refractivity contribution in [1.29, 1.82) is 0 Å². The van der Waals surface area contributed by atoms with Gasteiger partial charge in [0.2, 0.25) is 0 Å². The van der Waals surface area contributed by atoms with E-state index < -0.39 is 4.83 Å². The lowest BCUT2D eigenvalue weighted by atomic mass is 10.1. The van der Waals surface area contributed by atoms with Gasteiger partial charge in [-0.05, 0) is 53.4 Å². The van der Waals surface area contributed by atoms with Gasteiger partial charge >= 0.3 is 0 Å². The third kappa shape index (κ3) is 5.17. The fraction of sp³-hybridized carbons (Fsp3) is 0.192. The summed E-state index contributed by atoms with van der Waals surface area (Å²) in [6.45, 7) is 3.00. The summed E-state index contributed by atoms with van der Waals surface area (Å²) in [5, 5.41) is 0.856. The zero-order chi connectivity index (χ0) is 21.6. The molecule has 4 rings (SSSR count). The van der Waals surface area contributed by atoms with Crippen LogP contribution < -0.4 is 9.47 Å². The van der Waals surface area contributed by atoms with E-state index in [-0.39, 0.29) is 0 Å². The van der Waals surface area contributed by atoms with E-state index in [1.165, 1.54) is 0 Å². The molecular formula is C26H23BrO4. The molecule has 0 aliphatic rings. The highest BCUT2D eigenvalue weighted by molar-refractivity contribution is 9.09. The summed E-state index contributed by atoms with van der Waals surface area (Å²) in [7, 11) is 0. The molecule has 0 spiro atoms. The Morgan fingerprint density at radius 3 is 2.45 bits per heavy atom. The average Bonchev–Trinajstić information content (AvgIpc) is 3.26. The summed E-state index contributed by atoms with van der Waals surface area (Å²) in [5.41, 5.74) is 3.96. The Balaban J connectivity index is 1.50. The normalized spacial score (nSPS) is 11.9. The molecule has 1 atom stereocenters. The third-order valence-electron chi connectivity index (χ3n) is 5.02. The topological polar surface area (TPSA) is 48.7 Å². The van der Waals surface area contributed by atoms with Gasteiger partial charge in [-0.2, -0.15) is 0 Å². The molecule has 0 N–H and O–H groups in total. The van der Waals surface area contributed by atoms with E-state index in [9.17, 15) is 4.79 Å². The Kier molecular flexibility index (Phi) is 6.73. The van der Waals surface area contributed by atoms with Crippen LogP contribution in [0.2, 0.25) is 0 Å². The summed E-state index contributed by atoms with van der Waals surface area (Å²) in [5.74, 6) is 2.11. The summed E-state index contributed by atoms with van der Waals surface area (Å²) in [4.78, 5) is 10.7. The maximum Gasteiger partial charge on any atom is 0.141 e. The van der Waals surface area contributed by atoms with Gasteiger partial charge in [0.05, 0.1) is 5.39 Å². The number of aryl methyl sites for hydroxylation is 1. The van der Waals surface area contributed by atoms with Crippen molar-refractivity contribution in [3.8, 4) is 11.5 Å². The molecule has 4 nitrogen and oxygen atoms in total. The van der Waals surface area contributed by atoms with E-state index in [0.717, 1.165) is 51.9 Å². The molecular weight excluding hydrogens is 456 g/mol. The first-order chi connectivity index (χ1) is 15.2. The van der Waals surface area contributed by atoms with Crippen molar-refractivity contribution in [3.63, 3.8) is 0 Å². The van der Waals surface area contributed by atoms with Crippen LogP contribution in [-0.2, 0) is 24.4 Å². The van der Waals surface area contributed by atoms with Crippen LogP contribution in [0.1, 0.15) is 34.2 Å². The monoisotopic (exact) mass is 478 g/mol. The molecule has 4 aromatic rings. The number of ether oxygens (including phenoxy) is 2. The van der Waals surface area contributed by atoms with Gasteiger partial charge in [0.15, 0.2) is 0 Å². The first-order valence-corrected chi connectivity index (χ1v) is 11.1. The van der Waals surface area contributed by atoms with Crippen LogP contribution in [0, 0.1) is 0 Å². The van der Waals surface area contributed by atoms with Gasteiger partial charge in [-0.15, -0.1) is 0 Å². The minimum atomic E-state index is -0.476. The lowest BCUT2D eigenvalue weighted by molar-refractivity contribution is -0.107. The number of fused-ring (bicyclic) bond motifs is 1. The van der Waals surface area contributed by atoms with Crippen LogP contribution in [0.15, 0.2) is 77.2 Å². The zero-order valence-corrected chi connectivity index (χ0v) is 18.8. The summed E-state index contributed by atoms with van der Waals surface area (Å²) in [6.07, 6.45) is 1.66. The molecule has 0 aliphatic heterocycles. The van der Waals surface area contributed by atoms with E-state index in [2.05, 4.69) is 22.9 Å². The van der Waals surface area contributed by atoms with Crippen molar-refractivity contribution in [2.24, 2.45) is 0 Å². The first kappa shape index (κ1) is 21.2. The number of alkyl halides is 1. The Morgan fingerprint density at radius 1 is 0.903 bits per heavy atom. The Hall–Kier alpha value is -3.05. The lowest BCUT2D eigenvalue weighted by Crippen LogP contribution is -1.99. The standard InChI is InChI=1S/C26H23BrO4/c1-2-18-12-24(22-14-26(23(27)15-28)31-25(22)13-18)30-17-20-9-6-10-21(11-20)29-16-19-7-4-3-5-8-19/h3-15,23H,2,16-17H2,1H3. The molecule has 1 heterocycles. The lowest BCUT2D eigenvalue weighted by Gasteiger charge is -2.11. The number of hydrogen-bond donors (Lipinski definition) is 0. The maximum absolute atomic E-state index is 11.1. The molecule has 158 valence electrons. The van der Waals surface area contributed by atoms with E-state index in [0.29, 0.717) is 19.0 Å². The van der Waals surface area contributed by atoms with Crippen LogP contribution in [-0.4, -0.2) is 6.29 Å². The number of furan rings is 1. The molecule has 0 amide bonds. The zero-order valence-electron chi connectivity index (χ0n) is 17.2. The first-order valence-electron chi connectivity index (χ1n) is 10.2. The fourth-order valence-corrected chi connectivity index (χ4v) is 3.56. The van der Waals surface area contributed by atoms with Gasteiger partial charge in [0.25, 0.3) is 0 Å². The number of carbonyl (C=O) groups is 1. The summed E-state index contributed by atoms with van der Waals surface area (Å²) < 4.78 is 18.0. The molecule has 3 aromatic carbocycles. The minimum absolute atomic E-state index is 0.400. The van der Waals surface area contributed by atoms with Crippen molar-refractivity contribution >= 4 is 33.2 Å². The number of rotatable bonds is 9. The Bertz CT molecular complexity index is 1170. The predicted octanol–water partition coefficient (Wildman–Crippen LogP) is 6.79. The van der Waals surface area contributed by atoms with Crippen LogP contribution in [0.3, 0.4) is 0 Å². The van der Waals surface area contributed by atoms with Gasteiger partial charge in [-0.1, -0.05) is 65.3 Å². The van der Waals surface area contributed by atoms with Gasteiger partial charge in [0, 0.05) is 0 Å². The van der Waals surface area contributed by atoms with Crippen LogP contribution >= 0.6 is 15.9 Å². The number of carbonyl (C=O) groups excluding carboxylic acids is 1. The highest BCUT2D eigenvalue weighted by Gasteiger charge is 2.16. The minimum Gasteiger partial charge on any atom is -0.489 e. The molecule has 31 heavy (non-hydrogen) atoms. The predicted molar refractivity (Wildman–Crippen MR) is 125 cm³/mol. The van der Waals surface area contributed by atoms with E-state index >= 15 is 0 Å². The van der Waals surface area contributed by atoms with Crippen molar-refractivity contribution in [1.82, 2.24) is 0 Å². The highest BCUT2D eigenvalue weighted by atomic mass is 79.9. The summed E-state index contributed by atoms with van der Waals surface area (Å²) in [6, 6.07) is 23.9. The smallest absolute Gasteiger partial charge is 0.141 e. The molecule has 0 bridgehead atoms. The van der Waals surface area contributed by atoms with Crippen LogP contribution in [0.25, 0.3) is 11.0 Å². The molecule has 0 saturated heterocycles. The van der Waals surface area contributed by atoms with Gasteiger partial charge < -0.3 is 18.7 Å². The van der Waals surface area contributed by atoms with E-state index in [4.69, 9.17) is 13.9 Å². The molecule has 0 radical (unpaired) electrons. The van der Waals surface area contributed by atoms with Gasteiger partial charge in [-0.25, -0.2) is 0 Å². The SMILES string of the molecule is CCc1cc(OCc2cccc(OCc3ccccc3)c2)c2cc(C(Br)C=O)oc2c1. The maximum atomic E-state index is 11.1. The largest absolute Gasteiger partial charge is 0.489 e. The van der Waals surface area contributed by atoms with Crippen molar-refractivity contribution in [2.75, 3.05) is 0 Å². The highest BCUT2D eigenvalue weighted by Crippen LogP contribution is 2.35. The summed E-state index contributed by atoms with van der Waals surface area (Å²) >= 11 is 3.32. The number of benzene rings is 3. The van der Waals surface area contributed by atoms with Gasteiger partial charge in [-0.3, -0.25) is 0 Å². The molecule has 0 fully saturated rings. The van der Waals surface area contributed by atoms with Crippen LogP contribution in [0.5, 0.6) is 11.5 Å². The Morgan fingerprint density at radius 2 is 1.68 bits per heavy atom. The fourth-order valence-electron chi connectivity index (χ4n) is 3.33. The Labute approximate surface area is 189 Å². The van der Waals surface area contributed by atoms with Crippen molar-refractivity contribution < 1.29 is 18.7 Å². The molecule has 0 aliphatic carbocycles. The van der Waals surface area contributed by atoms with Crippen LogP contribution in [0.4, 0.5) is 0 Å². The second kappa shape index (κ2) is 9.84. The average molecular weight is 479 g/mol. The molecule has 5 heteroatoms. The second-order valence-electron chi connectivity index (χ2n) is 7.26. The molecule has 1 aromatic heterocycles. The van der Waals surface area contributed by atoms with Gasteiger partial charge in [0.1, 0.15) is 47.2 Å². The third-order valence-corrected chi connectivity index (χ3v) is 5.69. The number of hydrogen-bond acceptors (Lipinski definition) is 4. The number of halogens is 1. The van der Waals surface area contributed by atoms with Crippen molar-refractivity contribution in [2.45, 2.75) is 31.4 Å². The van der Waals surface area contributed by atoms with E-state index in [1.807, 2.05) is 72.8 Å². The van der Waals surface area contributed by atoms with Crippen molar-refractivity contribution in [3.05, 3.63) is 95.2 Å². The molecule has 1 unspecified atom stereocenters. The second-order valence-corrected chi connectivity index (χ2v) is 8.24. The quantitative estimate of drug-likeness (QED) is 0.196. The number of aldehydes is 1.